The third-order valence-electron chi connectivity index (χ3n) is 3.29. The normalized spacial score (nSPS) is 11.7. The van der Waals surface area contributed by atoms with E-state index in [-0.39, 0.29) is 12.7 Å². The van der Waals surface area contributed by atoms with E-state index in [2.05, 4.69) is 20.3 Å². The second kappa shape index (κ2) is 7.88. The highest BCUT2D eigenvalue weighted by Gasteiger charge is 2.12. The monoisotopic (exact) mass is 328 g/mol. The number of aromatic nitrogens is 2. The lowest BCUT2D eigenvalue weighted by molar-refractivity contribution is 0.243. The first-order valence-corrected chi connectivity index (χ1v) is 7.91. The lowest BCUT2D eigenvalue weighted by atomic mass is 10.2. The van der Waals surface area contributed by atoms with Gasteiger partial charge < -0.3 is 15.2 Å². The molecule has 0 fully saturated rings. The van der Waals surface area contributed by atoms with E-state index in [0.717, 1.165) is 22.7 Å². The highest BCUT2D eigenvalue weighted by Crippen LogP contribution is 2.33. The van der Waals surface area contributed by atoms with Crippen LogP contribution in [0.1, 0.15) is 32.0 Å². The van der Waals surface area contributed by atoms with Crippen LogP contribution in [0.15, 0.2) is 29.5 Å². The highest BCUT2D eigenvalue weighted by molar-refractivity contribution is 5.88. The summed E-state index contributed by atoms with van der Waals surface area (Å²) in [5, 5.41) is 12.5. The zero-order chi connectivity index (χ0) is 17.7. The van der Waals surface area contributed by atoms with Crippen molar-refractivity contribution in [2.45, 2.75) is 40.7 Å². The maximum atomic E-state index is 9.23. The molecule has 1 aromatic carbocycles. The van der Waals surface area contributed by atoms with E-state index < -0.39 is 0 Å². The number of nitrogens with one attached hydrogen (secondary N) is 1. The van der Waals surface area contributed by atoms with Crippen molar-refractivity contribution < 1.29 is 9.84 Å². The fraction of sp³-hybridized carbons (Fsp3) is 0.389. The topological polar surface area (TPSA) is 79.6 Å². The van der Waals surface area contributed by atoms with Crippen LogP contribution in [-0.4, -0.2) is 33.5 Å². The van der Waals surface area contributed by atoms with Gasteiger partial charge in [-0.2, -0.15) is 0 Å². The second-order valence-corrected chi connectivity index (χ2v) is 5.95. The van der Waals surface area contributed by atoms with E-state index in [1.807, 2.05) is 45.9 Å². The molecule has 1 heterocycles. The number of ether oxygens (including phenoxy) is 1. The summed E-state index contributed by atoms with van der Waals surface area (Å²) in [6.07, 6.45) is 1.55. The Bertz CT molecular complexity index is 742. The molecule has 1 aromatic heterocycles. The van der Waals surface area contributed by atoms with E-state index in [9.17, 15) is 5.11 Å². The van der Waals surface area contributed by atoms with Crippen LogP contribution >= 0.6 is 0 Å². The van der Waals surface area contributed by atoms with Gasteiger partial charge in [0.15, 0.2) is 5.82 Å². The van der Waals surface area contributed by atoms with Crippen LogP contribution in [0.25, 0.3) is 0 Å². The Labute approximate surface area is 142 Å². The Morgan fingerprint density at radius 3 is 2.71 bits per heavy atom. The van der Waals surface area contributed by atoms with E-state index in [1.54, 1.807) is 6.92 Å². The quantitative estimate of drug-likeness (QED) is 0.790. The predicted octanol–water partition coefficient (Wildman–Crippen LogP) is 3.71. The zero-order valence-electron chi connectivity index (χ0n) is 14.8. The largest absolute Gasteiger partial charge is 0.489 e. The smallest absolute Gasteiger partial charge is 0.160 e. The fourth-order valence-corrected chi connectivity index (χ4v) is 2.13. The van der Waals surface area contributed by atoms with Gasteiger partial charge in [0, 0.05) is 5.71 Å². The number of hydrogen-bond donors (Lipinski definition) is 2. The summed E-state index contributed by atoms with van der Waals surface area (Å²) < 4.78 is 5.89. The van der Waals surface area contributed by atoms with Crippen molar-refractivity contribution >= 4 is 22.9 Å². The van der Waals surface area contributed by atoms with Crippen LogP contribution in [0.4, 0.5) is 17.2 Å². The Kier molecular flexibility index (Phi) is 5.87. The number of anilines is 2. The number of benzene rings is 1. The molecule has 6 nitrogen and oxygen atoms in total. The molecule has 0 saturated heterocycles. The Balaban J connectivity index is 2.44. The Morgan fingerprint density at radius 2 is 2.04 bits per heavy atom. The number of hydrogen-bond acceptors (Lipinski definition) is 6. The van der Waals surface area contributed by atoms with Gasteiger partial charge >= 0.3 is 0 Å². The lowest BCUT2D eigenvalue weighted by Crippen LogP contribution is -2.08. The van der Waals surface area contributed by atoms with Crippen molar-refractivity contribution in [2.24, 2.45) is 4.99 Å². The average molecular weight is 328 g/mol. The van der Waals surface area contributed by atoms with E-state index in [1.165, 1.54) is 6.33 Å². The van der Waals surface area contributed by atoms with E-state index in [4.69, 9.17) is 4.74 Å². The molecular weight excluding hydrogens is 304 g/mol. The molecule has 6 heteroatoms. The molecule has 2 N–H and O–H groups in total. The van der Waals surface area contributed by atoms with Crippen molar-refractivity contribution in [3.63, 3.8) is 0 Å². The summed E-state index contributed by atoms with van der Waals surface area (Å²) in [7, 11) is 0. The number of nitrogens with zero attached hydrogens (tertiary/aromatic N) is 3. The van der Waals surface area contributed by atoms with Gasteiger partial charge in [-0.15, -0.1) is 0 Å². The van der Waals surface area contributed by atoms with Gasteiger partial charge in [-0.1, -0.05) is 6.07 Å². The van der Waals surface area contributed by atoms with Crippen LogP contribution in [-0.2, 0) is 0 Å². The molecule has 0 atom stereocenters. The molecule has 0 radical (unpaired) electrons. The zero-order valence-corrected chi connectivity index (χ0v) is 14.8. The molecule has 0 amide bonds. The molecule has 0 aliphatic carbocycles. The van der Waals surface area contributed by atoms with Gasteiger partial charge in [-0.3, -0.25) is 0 Å². The van der Waals surface area contributed by atoms with Crippen molar-refractivity contribution in [1.29, 1.82) is 0 Å². The summed E-state index contributed by atoms with van der Waals surface area (Å²) in [5.41, 5.74) is 3.87. The Hall–Kier alpha value is -2.47. The van der Waals surface area contributed by atoms with Gasteiger partial charge in [-0.25, -0.2) is 15.0 Å². The van der Waals surface area contributed by atoms with Crippen molar-refractivity contribution in [2.75, 3.05) is 11.9 Å². The number of aliphatic hydroxyl groups is 1. The molecule has 0 spiro atoms. The third-order valence-corrected chi connectivity index (χ3v) is 3.29. The summed E-state index contributed by atoms with van der Waals surface area (Å²) in [4.78, 5) is 12.9. The minimum Gasteiger partial charge on any atom is -0.489 e. The summed E-state index contributed by atoms with van der Waals surface area (Å²) in [6.45, 7) is 9.50. The van der Waals surface area contributed by atoms with Crippen molar-refractivity contribution in [3.8, 4) is 5.75 Å². The van der Waals surface area contributed by atoms with Gasteiger partial charge in [0.25, 0.3) is 0 Å². The maximum absolute atomic E-state index is 9.23. The summed E-state index contributed by atoms with van der Waals surface area (Å²) in [5.74, 6) is 1.34. The minimum absolute atomic E-state index is 0.0635. The van der Waals surface area contributed by atoms with Crippen LogP contribution in [0.2, 0.25) is 0 Å². The van der Waals surface area contributed by atoms with Crippen molar-refractivity contribution in [1.82, 2.24) is 9.97 Å². The summed E-state index contributed by atoms with van der Waals surface area (Å²) in [6, 6.07) is 5.95. The maximum Gasteiger partial charge on any atom is 0.160 e. The molecule has 0 unspecified atom stereocenters. The van der Waals surface area contributed by atoms with Crippen LogP contribution in [0, 0.1) is 13.8 Å². The summed E-state index contributed by atoms with van der Waals surface area (Å²) >= 11 is 0. The van der Waals surface area contributed by atoms with Crippen LogP contribution in [0.5, 0.6) is 5.75 Å². The van der Waals surface area contributed by atoms with Crippen molar-refractivity contribution in [3.05, 3.63) is 35.8 Å². The molecule has 0 saturated carbocycles. The number of rotatable bonds is 6. The highest BCUT2D eigenvalue weighted by atomic mass is 16.5. The minimum atomic E-state index is -0.111. The molecule has 0 bridgehead atoms. The van der Waals surface area contributed by atoms with Crippen LogP contribution in [0.3, 0.4) is 0 Å². The average Bonchev–Trinajstić information content (AvgIpc) is 2.52. The first-order valence-electron chi connectivity index (χ1n) is 7.91. The first-order chi connectivity index (χ1) is 11.4. The standard InChI is InChI=1S/C18H24N4O2/c1-11(2)24-16-8-12(3)6-7-15(16)22-18-17(21-13(4)9-23)14(5)19-10-20-18/h6-8,10-11,23H,9H2,1-5H3,(H,19,20,22)/b21-13+. The fourth-order valence-electron chi connectivity index (χ4n) is 2.13. The first kappa shape index (κ1) is 17.9. The van der Waals surface area contributed by atoms with E-state index in [0.29, 0.717) is 17.2 Å². The van der Waals surface area contributed by atoms with Gasteiger partial charge in [0.1, 0.15) is 17.8 Å². The predicted molar refractivity (Wildman–Crippen MR) is 96.8 cm³/mol. The molecule has 24 heavy (non-hydrogen) atoms. The number of aryl methyl sites for hydroxylation is 2. The lowest BCUT2D eigenvalue weighted by Gasteiger charge is -2.17. The molecular formula is C18H24N4O2. The molecule has 2 rings (SSSR count). The Morgan fingerprint density at radius 1 is 1.29 bits per heavy atom. The third kappa shape index (κ3) is 4.52. The number of aliphatic imine (C=N–C) groups is 1. The molecule has 128 valence electrons. The van der Waals surface area contributed by atoms with Gasteiger partial charge in [0.05, 0.1) is 24.1 Å². The molecule has 0 aliphatic heterocycles. The SMILES string of the molecule is C/C(CO)=N\c1c(C)ncnc1Nc1ccc(C)cc1OC(C)C. The van der Waals surface area contributed by atoms with Gasteiger partial charge in [0.2, 0.25) is 0 Å². The van der Waals surface area contributed by atoms with E-state index >= 15 is 0 Å². The second-order valence-electron chi connectivity index (χ2n) is 5.95. The molecule has 2 aromatic rings. The van der Waals surface area contributed by atoms with Gasteiger partial charge in [-0.05, 0) is 52.3 Å². The number of aliphatic hydroxyl groups excluding tert-OH is 1. The molecule has 0 aliphatic rings. The van der Waals surface area contributed by atoms with Crippen LogP contribution < -0.4 is 10.1 Å².